The van der Waals surface area contributed by atoms with E-state index in [9.17, 15) is 4.79 Å². The standard InChI is InChI=1S/C14H14ClNO3/c1-10-2-7-13(14(17)18)16(10)8-9-19-12-5-3-11(15)4-6-12/h2-7H,8-9H2,1H3,(H,17,18). The van der Waals surface area contributed by atoms with Gasteiger partial charge in [-0.1, -0.05) is 11.6 Å². The molecule has 0 fully saturated rings. The number of hydrogen-bond acceptors (Lipinski definition) is 2. The average Bonchev–Trinajstić information content (AvgIpc) is 2.74. The number of aromatic carboxylic acids is 1. The Hall–Kier alpha value is -1.94. The summed E-state index contributed by atoms with van der Waals surface area (Å²) in [6, 6.07) is 10.4. The molecule has 0 amide bonds. The second-order valence-corrected chi connectivity index (χ2v) is 4.56. The summed E-state index contributed by atoms with van der Waals surface area (Å²) in [6.45, 7) is 2.76. The maximum absolute atomic E-state index is 11.0. The molecule has 0 atom stereocenters. The monoisotopic (exact) mass is 279 g/mol. The van der Waals surface area contributed by atoms with E-state index in [-0.39, 0.29) is 5.69 Å². The number of aromatic nitrogens is 1. The number of carboxylic acid groups (broad SMARTS) is 1. The number of ether oxygens (including phenoxy) is 1. The molecule has 0 spiro atoms. The van der Waals surface area contributed by atoms with Crippen LogP contribution in [-0.4, -0.2) is 22.2 Å². The van der Waals surface area contributed by atoms with Crippen molar-refractivity contribution in [3.8, 4) is 5.75 Å². The molecule has 0 aliphatic carbocycles. The predicted molar refractivity (Wildman–Crippen MR) is 73.1 cm³/mol. The van der Waals surface area contributed by atoms with E-state index in [2.05, 4.69) is 0 Å². The molecule has 0 saturated heterocycles. The van der Waals surface area contributed by atoms with Crippen LogP contribution < -0.4 is 4.74 Å². The highest BCUT2D eigenvalue weighted by Crippen LogP contribution is 2.16. The molecule has 4 nitrogen and oxygen atoms in total. The Morgan fingerprint density at radius 3 is 2.58 bits per heavy atom. The SMILES string of the molecule is Cc1ccc(C(=O)O)n1CCOc1ccc(Cl)cc1. The van der Waals surface area contributed by atoms with E-state index in [0.717, 1.165) is 5.69 Å². The zero-order chi connectivity index (χ0) is 13.8. The lowest BCUT2D eigenvalue weighted by atomic mass is 10.3. The predicted octanol–water partition coefficient (Wildman–Crippen LogP) is 3.23. The van der Waals surface area contributed by atoms with Crippen molar-refractivity contribution in [3.63, 3.8) is 0 Å². The van der Waals surface area contributed by atoms with Gasteiger partial charge in [-0.3, -0.25) is 0 Å². The number of aryl methyl sites for hydroxylation is 1. The van der Waals surface area contributed by atoms with Crippen molar-refractivity contribution in [2.75, 3.05) is 6.61 Å². The Labute approximate surface area is 116 Å². The smallest absolute Gasteiger partial charge is 0.352 e. The molecule has 100 valence electrons. The maximum Gasteiger partial charge on any atom is 0.352 e. The highest BCUT2D eigenvalue weighted by atomic mass is 35.5. The maximum atomic E-state index is 11.0. The molecule has 0 saturated carbocycles. The Bertz CT molecular complexity index is 575. The first-order valence-electron chi connectivity index (χ1n) is 5.86. The summed E-state index contributed by atoms with van der Waals surface area (Å²) in [5.41, 5.74) is 1.18. The summed E-state index contributed by atoms with van der Waals surface area (Å²) < 4.78 is 7.27. The molecule has 0 radical (unpaired) electrons. The summed E-state index contributed by atoms with van der Waals surface area (Å²) in [5.74, 6) is -0.217. The van der Waals surface area contributed by atoms with Gasteiger partial charge < -0.3 is 14.4 Å². The minimum atomic E-state index is -0.931. The normalized spacial score (nSPS) is 10.4. The third-order valence-corrected chi connectivity index (χ3v) is 3.07. The molecule has 0 aliphatic rings. The van der Waals surface area contributed by atoms with Crippen LogP contribution in [0.4, 0.5) is 0 Å². The first-order valence-corrected chi connectivity index (χ1v) is 6.23. The number of rotatable bonds is 5. The molecule has 1 heterocycles. The average molecular weight is 280 g/mol. The van der Waals surface area contributed by atoms with E-state index < -0.39 is 5.97 Å². The van der Waals surface area contributed by atoms with Gasteiger partial charge in [-0.05, 0) is 43.3 Å². The van der Waals surface area contributed by atoms with Crippen molar-refractivity contribution in [2.45, 2.75) is 13.5 Å². The number of nitrogens with zero attached hydrogens (tertiary/aromatic N) is 1. The summed E-state index contributed by atoms with van der Waals surface area (Å²) in [7, 11) is 0. The van der Waals surface area contributed by atoms with E-state index in [0.29, 0.717) is 23.9 Å². The van der Waals surface area contributed by atoms with E-state index in [1.165, 1.54) is 0 Å². The lowest BCUT2D eigenvalue weighted by molar-refractivity contribution is 0.0683. The quantitative estimate of drug-likeness (QED) is 0.914. The Kier molecular flexibility index (Phi) is 4.12. The van der Waals surface area contributed by atoms with Gasteiger partial charge in [0, 0.05) is 10.7 Å². The molecule has 2 rings (SSSR count). The second kappa shape index (κ2) is 5.80. The molecule has 0 bridgehead atoms. The third kappa shape index (κ3) is 3.29. The first-order chi connectivity index (χ1) is 9.08. The van der Waals surface area contributed by atoms with Crippen LogP contribution in [0.2, 0.25) is 5.02 Å². The van der Waals surface area contributed by atoms with Crippen LogP contribution in [0.3, 0.4) is 0 Å². The van der Waals surface area contributed by atoms with E-state index in [1.807, 2.05) is 6.92 Å². The third-order valence-electron chi connectivity index (χ3n) is 2.82. The lowest BCUT2D eigenvalue weighted by Crippen LogP contribution is -2.14. The van der Waals surface area contributed by atoms with Gasteiger partial charge >= 0.3 is 5.97 Å². The molecule has 0 unspecified atom stereocenters. The fourth-order valence-electron chi connectivity index (χ4n) is 1.84. The molecule has 1 N–H and O–H groups in total. The lowest BCUT2D eigenvalue weighted by Gasteiger charge is -2.10. The summed E-state index contributed by atoms with van der Waals surface area (Å²) >= 11 is 5.78. The fourth-order valence-corrected chi connectivity index (χ4v) is 1.96. The van der Waals surface area contributed by atoms with Gasteiger partial charge in [0.15, 0.2) is 0 Å². The van der Waals surface area contributed by atoms with Gasteiger partial charge in [-0.25, -0.2) is 4.79 Å². The highest BCUT2D eigenvalue weighted by molar-refractivity contribution is 6.30. The molecule has 1 aromatic heterocycles. The van der Waals surface area contributed by atoms with Crippen LogP contribution in [0.15, 0.2) is 36.4 Å². The van der Waals surface area contributed by atoms with Gasteiger partial charge in [-0.15, -0.1) is 0 Å². The van der Waals surface area contributed by atoms with Crippen LogP contribution in [0.25, 0.3) is 0 Å². The van der Waals surface area contributed by atoms with Crippen molar-refractivity contribution in [1.82, 2.24) is 4.57 Å². The van der Waals surface area contributed by atoms with Gasteiger partial charge in [0.05, 0.1) is 6.54 Å². The topological polar surface area (TPSA) is 51.5 Å². The van der Waals surface area contributed by atoms with Crippen molar-refractivity contribution in [1.29, 1.82) is 0 Å². The zero-order valence-corrected chi connectivity index (χ0v) is 11.2. The minimum absolute atomic E-state index is 0.275. The van der Waals surface area contributed by atoms with Crippen LogP contribution in [0.5, 0.6) is 5.75 Å². The molecule has 2 aromatic rings. The highest BCUT2D eigenvalue weighted by Gasteiger charge is 2.11. The molecule has 19 heavy (non-hydrogen) atoms. The Balaban J connectivity index is 1.97. The number of halogens is 1. The van der Waals surface area contributed by atoms with Gasteiger partial charge in [0.25, 0.3) is 0 Å². The van der Waals surface area contributed by atoms with E-state index in [1.54, 1.807) is 41.0 Å². The molecular formula is C14H14ClNO3. The second-order valence-electron chi connectivity index (χ2n) is 4.12. The molecule has 0 aliphatic heterocycles. The Morgan fingerprint density at radius 2 is 1.95 bits per heavy atom. The van der Waals surface area contributed by atoms with E-state index in [4.69, 9.17) is 21.4 Å². The molecular weight excluding hydrogens is 266 g/mol. The molecule has 5 heteroatoms. The van der Waals surface area contributed by atoms with Crippen molar-refractivity contribution in [3.05, 3.63) is 52.8 Å². The number of hydrogen-bond donors (Lipinski definition) is 1. The van der Waals surface area contributed by atoms with Crippen molar-refractivity contribution >= 4 is 17.6 Å². The number of carbonyl (C=O) groups is 1. The number of carboxylic acids is 1. The summed E-state index contributed by atoms with van der Waals surface area (Å²) in [6.07, 6.45) is 0. The van der Waals surface area contributed by atoms with Gasteiger partial charge in [0.2, 0.25) is 0 Å². The van der Waals surface area contributed by atoms with Gasteiger partial charge in [-0.2, -0.15) is 0 Å². The number of benzene rings is 1. The van der Waals surface area contributed by atoms with Crippen LogP contribution in [0.1, 0.15) is 16.2 Å². The van der Waals surface area contributed by atoms with Crippen molar-refractivity contribution in [2.24, 2.45) is 0 Å². The minimum Gasteiger partial charge on any atom is -0.492 e. The van der Waals surface area contributed by atoms with Crippen LogP contribution in [-0.2, 0) is 6.54 Å². The molecule has 1 aromatic carbocycles. The van der Waals surface area contributed by atoms with Crippen LogP contribution in [0, 0.1) is 6.92 Å². The van der Waals surface area contributed by atoms with Crippen molar-refractivity contribution < 1.29 is 14.6 Å². The first kappa shape index (κ1) is 13.5. The van der Waals surface area contributed by atoms with Gasteiger partial charge in [0.1, 0.15) is 18.1 Å². The van der Waals surface area contributed by atoms with Crippen LogP contribution >= 0.6 is 11.6 Å². The summed E-state index contributed by atoms with van der Waals surface area (Å²) in [4.78, 5) is 11.0. The zero-order valence-electron chi connectivity index (χ0n) is 10.5. The summed E-state index contributed by atoms with van der Waals surface area (Å²) in [5, 5.41) is 9.70. The largest absolute Gasteiger partial charge is 0.492 e. The van der Waals surface area contributed by atoms with E-state index >= 15 is 0 Å². The fraction of sp³-hybridized carbons (Fsp3) is 0.214. The Morgan fingerprint density at radius 1 is 1.26 bits per heavy atom.